The number of azide groups is 1. The molecular formula is C15H21N3O5S. The second kappa shape index (κ2) is 9.12. The van der Waals surface area contributed by atoms with Crippen LogP contribution in [0.2, 0.25) is 0 Å². The van der Waals surface area contributed by atoms with Crippen LogP contribution in [0.3, 0.4) is 0 Å². The monoisotopic (exact) mass is 355 g/mol. The first-order valence-electron chi connectivity index (χ1n) is 7.40. The van der Waals surface area contributed by atoms with Crippen molar-refractivity contribution in [1.29, 1.82) is 0 Å². The Hall–Kier alpha value is -1.48. The predicted molar refractivity (Wildman–Crippen MR) is 89.8 cm³/mol. The molecule has 132 valence electrons. The molecule has 0 unspecified atom stereocenters. The summed E-state index contributed by atoms with van der Waals surface area (Å²) in [5, 5.41) is 23.5. The maximum atomic E-state index is 10.4. The molecule has 5 atom stereocenters. The number of methoxy groups -OCH3 is 1. The van der Waals surface area contributed by atoms with Gasteiger partial charge in [0.25, 0.3) is 0 Å². The molecule has 0 spiro atoms. The van der Waals surface area contributed by atoms with Gasteiger partial charge in [-0.25, -0.2) is 0 Å². The second-order valence-electron chi connectivity index (χ2n) is 5.27. The van der Waals surface area contributed by atoms with Gasteiger partial charge in [-0.1, -0.05) is 17.2 Å². The smallest absolute Gasteiger partial charge is 0.118 e. The van der Waals surface area contributed by atoms with Crippen LogP contribution in [0, 0.1) is 0 Å². The number of hydrogen-bond donors (Lipinski definition) is 2. The van der Waals surface area contributed by atoms with Gasteiger partial charge in [0.15, 0.2) is 0 Å². The predicted octanol–water partition coefficient (Wildman–Crippen LogP) is 1.70. The fraction of sp³-hybridized carbons (Fsp3) is 0.600. The lowest BCUT2D eigenvalue weighted by molar-refractivity contribution is -0.185. The average molecular weight is 355 g/mol. The van der Waals surface area contributed by atoms with E-state index in [0.29, 0.717) is 0 Å². The van der Waals surface area contributed by atoms with Gasteiger partial charge in [-0.15, -0.1) is 11.8 Å². The van der Waals surface area contributed by atoms with E-state index in [2.05, 4.69) is 10.0 Å². The molecule has 1 aromatic carbocycles. The molecule has 1 aliphatic heterocycles. The number of rotatable bonds is 7. The van der Waals surface area contributed by atoms with Gasteiger partial charge in [-0.2, -0.15) is 0 Å². The van der Waals surface area contributed by atoms with Crippen molar-refractivity contribution in [3.05, 3.63) is 40.3 Å². The molecule has 1 fully saturated rings. The van der Waals surface area contributed by atoms with Crippen LogP contribution < -0.4 is 4.74 Å². The number of nitrogens with zero attached hydrogens (tertiary/aromatic N) is 3. The lowest BCUT2D eigenvalue weighted by Crippen LogP contribution is -2.57. The molecule has 1 aromatic rings. The molecule has 1 aliphatic rings. The SMILES string of the molecule is COc1ccc(CO[C@H]2[C@@H](O)[C@@H](CO)O[C@@H](SC)[C@@H]2N=[N+]=[N-])cc1. The van der Waals surface area contributed by atoms with Crippen LogP contribution >= 0.6 is 11.8 Å². The Bertz CT molecular complexity index is 567. The summed E-state index contributed by atoms with van der Waals surface area (Å²) in [5.41, 5.74) is 9.18. The third-order valence-electron chi connectivity index (χ3n) is 3.84. The number of hydrogen-bond acceptors (Lipinski definition) is 7. The van der Waals surface area contributed by atoms with Crippen molar-refractivity contribution in [2.75, 3.05) is 20.0 Å². The molecule has 0 radical (unpaired) electrons. The Kier molecular flexibility index (Phi) is 7.16. The highest BCUT2D eigenvalue weighted by Gasteiger charge is 2.45. The minimum Gasteiger partial charge on any atom is -0.497 e. The zero-order chi connectivity index (χ0) is 17.5. The molecular weight excluding hydrogens is 334 g/mol. The van der Waals surface area contributed by atoms with Gasteiger partial charge >= 0.3 is 0 Å². The molecule has 1 saturated heterocycles. The van der Waals surface area contributed by atoms with Crippen LogP contribution in [0.4, 0.5) is 0 Å². The zero-order valence-corrected chi connectivity index (χ0v) is 14.3. The third kappa shape index (κ3) is 4.32. The maximum absolute atomic E-state index is 10.4. The summed E-state index contributed by atoms with van der Waals surface area (Å²) in [4.78, 5) is 2.83. The van der Waals surface area contributed by atoms with Gasteiger partial charge in [0.2, 0.25) is 0 Å². The normalized spacial score (nSPS) is 29.8. The second-order valence-corrected chi connectivity index (χ2v) is 6.21. The number of ether oxygens (including phenoxy) is 3. The molecule has 0 amide bonds. The van der Waals surface area contributed by atoms with Gasteiger partial charge in [0, 0.05) is 4.91 Å². The molecule has 2 rings (SSSR count). The van der Waals surface area contributed by atoms with E-state index in [9.17, 15) is 10.2 Å². The standard InChI is InChI=1S/C15H21N3O5S/c1-21-10-5-3-9(4-6-10)8-22-14-12(17-18-16)15(24-2)23-11(7-19)13(14)20/h3-6,11-15,19-20H,7-8H2,1-2H3/t11-,12-,13+,14-,15+/m1/s1. The summed E-state index contributed by atoms with van der Waals surface area (Å²) in [5.74, 6) is 0.736. The Labute approximate surface area is 144 Å². The van der Waals surface area contributed by atoms with Crippen molar-refractivity contribution in [1.82, 2.24) is 0 Å². The molecule has 0 aromatic heterocycles. The number of benzene rings is 1. The summed E-state index contributed by atoms with van der Waals surface area (Å²) in [6.07, 6.45) is -0.844. The van der Waals surface area contributed by atoms with Crippen LogP contribution in [0.1, 0.15) is 5.56 Å². The van der Waals surface area contributed by atoms with E-state index in [1.54, 1.807) is 13.4 Å². The molecule has 0 aliphatic carbocycles. The third-order valence-corrected chi connectivity index (χ3v) is 4.70. The molecule has 0 saturated carbocycles. The van der Waals surface area contributed by atoms with Gasteiger partial charge in [0.05, 0.1) is 26.4 Å². The van der Waals surface area contributed by atoms with E-state index < -0.39 is 29.8 Å². The summed E-state index contributed by atoms with van der Waals surface area (Å²) >= 11 is 1.34. The van der Waals surface area contributed by atoms with Gasteiger partial charge in [-0.3, -0.25) is 0 Å². The first kappa shape index (κ1) is 18.9. The summed E-state index contributed by atoms with van der Waals surface area (Å²) in [7, 11) is 1.59. The van der Waals surface area contributed by atoms with Crippen LogP contribution in [0.15, 0.2) is 29.4 Å². The highest BCUT2D eigenvalue weighted by atomic mass is 32.2. The van der Waals surface area contributed by atoms with Crippen molar-refractivity contribution in [3.63, 3.8) is 0 Å². The lowest BCUT2D eigenvalue weighted by atomic mass is 9.98. The number of thioether (sulfide) groups is 1. The minimum atomic E-state index is -1.09. The van der Waals surface area contributed by atoms with E-state index in [4.69, 9.17) is 19.7 Å². The molecule has 0 bridgehead atoms. The van der Waals surface area contributed by atoms with Crippen molar-refractivity contribution in [2.45, 2.75) is 36.4 Å². The number of aliphatic hydroxyl groups is 2. The fourth-order valence-electron chi connectivity index (χ4n) is 2.54. The maximum Gasteiger partial charge on any atom is 0.118 e. The molecule has 2 N–H and O–H groups in total. The van der Waals surface area contributed by atoms with Crippen LogP contribution in [-0.4, -0.2) is 60.0 Å². The van der Waals surface area contributed by atoms with Crippen LogP contribution in [0.5, 0.6) is 5.75 Å². The Morgan fingerprint density at radius 3 is 2.62 bits per heavy atom. The average Bonchev–Trinajstić information content (AvgIpc) is 2.62. The minimum absolute atomic E-state index is 0.225. The van der Waals surface area contributed by atoms with E-state index >= 15 is 0 Å². The quantitative estimate of drug-likeness (QED) is 0.437. The Morgan fingerprint density at radius 2 is 2.08 bits per heavy atom. The van der Waals surface area contributed by atoms with Crippen LogP contribution in [-0.2, 0) is 16.1 Å². The summed E-state index contributed by atoms with van der Waals surface area (Å²) < 4.78 is 16.5. The lowest BCUT2D eigenvalue weighted by Gasteiger charge is -2.42. The summed E-state index contributed by atoms with van der Waals surface area (Å²) in [6, 6.07) is 6.63. The zero-order valence-electron chi connectivity index (χ0n) is 13.5. The van der Waals surface area contributed by atoms with Gasteiger partial charge in [0.1, 0.15) is 29.4 Å². The highest BCUT2D eigenvalue weighted by molar-refractivity contribution is 7.99. The molecule has 8 nitrogen and oxygen atoms in total. The highest BCUT2D eigenvalue weighted by Crippen LogP contribution is 2.31. The topological polar surface area (TPSA) is 117 Å². The van der Waals surface area contributed by atoms with Crippen LogP contribution in [0.25, 0.3) is 10.4 Å². The summed E-state index contributed by atoms with van der Waals surface area (Å²) in [6.45, 7) is -0.119. The Balaban J connectivity index is 2.13. The van der Waals surface area contributed by atoms with E-state index in [0.717, 1.165) is 11.3 Å². The fourth-order valence-corrected chi connectivity index (χ4v) is 3.28. The van der Waals surface area contributed by atoms with Crippen molar-refractivity contribution in [2.24, 2.45) is 5.11 Å². The first-order valence-corrected chi connectivity index (χ1v) is 8.69. The van der Waals surface area contributed by atoms with Crippen molar-refractivity contribution >= 4 is 11.8 Å². The number of aliphatic hydroxyl groups excluding tert-OH is 2. The van der Waals surface area contributed by atoms with E-state index in [1.807, 2.05) is 24.3 Å². The van der Waals surface area contributed by atoms with Gasteiger partial charge < -0.3 is 24.4 Å². The van der Waals surface area contributed by atoms with Crippen molar-refractivity contribution in [3.8, 4) is 5.75 Å². The van der Waals surface area contributed by atoms with Gasteiger partial charge in [-0.05, 0) is 29.5 Å². The largest absolute Gasteiger partial charge is 0.497 e. The Morgan fingerprint density at radius 1 is 1.38 bits per heavy atom. The van der Waals surface area contributed by atoms with E-state index in [1.165, 1.54) is 11.8 Å². The molecule has 1 heterocycles. The molecule has 24 heavy (non-hydrogen) atoms. The first-order chi connectivity index (χ1) is 11.6. The van der Waals surface area contributed by atoms with Crippen molar-refractivity contribution < 1.29 is 24.4 Å². The molecule has 9 heteroatoms. The van der Waals surface area contributed by atoms with E-state index in [-0.39, 0.29) is 13.2 Å².